The summed E-state index contributed by atoms with van der Waals surface area (Å²) in [6.45, 7) is 5.33. The van der Waals surface area contributed by atoms with Gasteiger partial charge in [-0.05, 0) is 49.2 Å². The Balaban J connectivity index is 2.11. The van der Waals surface area contributed by atoms with Gasteiger partial charge in [-0.1, -0.05) is 24.3 Å². The van der Waals surface area contributed by atoms with Gasteiger partial charge in [-0.2, -0.15) is 12.6 Å². The van der Waals surface area contributed by atoms with Crippen molar-refractivity contribution in [1.82, 2.24) is 0 Å². The Hall–Kier alpha value is -1.61. The summed E-state index contributed by atoms with van der Waals surface area (Å²) in [6.07, 6.45) is 0. The van der Waals surface area contributed by atoms with Crippen LogP contribution in [-0.4, -0.2) is 13.2 Å². The molecule has 0 bridgehead atoms. The summed E-state index contributed by atoms with van der Waals surface area (Å²) in [5, 5.41) is 0.0568. The van der Waals surface area contributed by atoms with Gasteiger partial charge in [0.1, 0.15) is 11.5 Å². The molecular weight excluding hydrogens is 268 g/mol. The Kier molecular flexibility index (Phi) is 5.36. The fourth-order valence-corrected chi connectivity index (χ4v) is 2.36. The van der Waals surface area contributed by atoms with Gasteiger partial charge in [-0.15, -0.1) is 0 Å². The smallest absolute Gasteiger partial charge is 0.119 e. The van der Waals surface area contributed by atoms with Crippen molar-refractivity contribution in [3.05, 3.63) is 59.7 Å². The van der Waals surface area contributed by atoms with Gasteiger partial charge >= 0.3 is 0 Å². The summed E-state index contributed by atoms with van der Waals surface area (Å²) in [7, 11) is 0. The van der Waals surface area contributed by atoms with Crippen molar-refractivity contribution in [2.75, 3.05) is 13.2 Å². The van der Waals surface area contributed by atoms with E-state index < -0.39 is 0 Å². The lowest BCUT2D eigenvalue weighted by Gasteiger charge is -2.13. The minimum absolute atomic E-state index is 0.0568. The van der Waals surface area contributed by atoms with Crippen LogP contribution in [0.25, 0.3) is 0 Å². The molecule has 0 amide bonds. The van der Waals surface area contributed by atoms with E-state index in [1.54, 1.807) is 0 Å². The van der Waals surface area contributed by atoms with E-state index in [1.165, 1.54) is 0 Å². The van der Waals surface area contributed by atoms with Gasteiger partial charge in [-0.25, -0.2) is 0 Å². The van der Waals surface area contributed by atoms with Gasteiger partial charge < -0.3 is 9.47 Å². The summed E-state index contributed by atoms with van der Waals surface area (Å²) in [5.41, 5.74) is 2.31. The molecule has 0 saturated heterocycles. The molecule has 0 radical (unpaired) electrons. The molecule has 0 aliphatic carbocycles. The zero-order valence-corrected chi connectivity index (χ0v) is 12.8. The highest BCUT2D eigenvalue weighted by atomic mass is 32.1. The minimum atomic E-state index is 0.0568. The highest BCUT2D eigenvalue weighted by Crippen LogP contribution is 2.30. The van der Waals surface area contributed by atoms with Gasteiger partial charge in [0.25, 0.3) is 0 Å². The van der Waals surface area contributed by atoms with Gasteiger partial charge in [0.2, 0.25) is 0 Å². The molecule has 0 spiro atoms. The topological polar surface area (TPSA) is 18.5 Å². The molecule has 2 nitrogen and oxygen atoms in total. The second kappa shape index (κ2) is 7.25. The molecule has 2 rings (SSSR count). The quantitative estimate of drug-likeness (QED) is 0.789. The number of ether oxygens (including phenoxy) is 2. The highest BCUT2D eigenvalue weighted by molar-refractivity contribution is 7.80. The molecule has 0 aliphatic heterocycles. The van der Waals surface area contributed by atoms with E-state index in [0.29, 0.717) is 13.2 Å². The predicted octanol–water partition coefficient (Wildman–Crippen LogP) is 4.50. The van der Waals surface area contributed by atoms with Crippen LogP contribution in [0.5, 0.6) is 11.5 Å². The maximum Gasteiger partial charge on any atom is 0.119 e. The number of rotatable bonds is 6. The zero-order chi connectivity index (χ0) is 14.4. The van der Waals surface area contributed by atoms with Crippen molar-refractivity contribution < 1.29 is 9.47 Å². The van der Waals surface area contributed by atoms with E-state index in [9.17, 15) is 0 Å². The Morgan fingerprint density at radius 2 is 1.10 bits per heavy atom. The fourth-order valence-electron chi connectivity index (χ4n) is 2.02. The second-order valence-electron chi connectivity index (χ2n) is 4.41. The maximum atomic E-state index is 5.45. The molecular formula is C17H20O2S. The average molecular weight is 288 g/mol. The molecule has 2 aromatic rings. The van der Waals surface area contributed by atoms with Crippen LogP contribution in [0.2, 0.25) is 0 Å². The zero-order valence-electron chi connectivity index (χ0n) is 11.9. The number of thiol groups is 1. The van der Waals surface area contributed by atoms with E-state index in [1.807, 2.05) is 38.1 Å². The van der Waals surface area contributed by atoms with E-state index in [4.69, 9.17) is 22.1 Å². The Morgan fingerprint density at radius 1 is 0.750 bits per heavy atom. The van der Waals surface area contributed by atoms with Gasteiger partial charge in [0, 0.05) is 0 Å². The van der Waals surface area contributed by atoms with Gasteiger partial charge in [-0.3, -0.25) is 0 Å². The Morgan fingerprint density at radius 3 is 1.40 bits per heavy atom. The molecule has 106 valence electrons. The van der Waals surface area contributed by atoms with Crippen molar-refractivity contribution in [3.8, 4) is 11.5 Å². The SMILES string of the molecule is CCOc1ccc(C(S)c2ccc(OCC)cc2)cc1. The van der Waals surface area contributed by atoms with Crippen LogP contribution in [0.4, 0.5) is 0 Å². The first-order valence-corrected chi connectivity index (χ1v) is 7.39. The summed E-state index contributed by atoms with van der Waals surface area (Å²) < 4.78 is 10.9. The highest BCUT2D eigenvalue weighted by Gasteiger charge is 2.09. The second-order valence-corrected chi connectivity index (χ2v) is 4.92. The van der Waals surface area contributed by atoms with Crippen LogP contribution in [-0.2, 0) is 0 Å². The average Bonchev–Trinajstić information content (AvgIpc) is 2.49. The third-order valence-corrected chi connectivity index (χ3v) is 3.61. The standard InChI is InChI=1S/C17H20O2S/c1-3-18-15-9-5-13(6-10-15)17(20)14-7-11-16(12-8-14)19-4-2/h5-12,17,20H,3-4H2,1-2H3. The molecule has 0 aromatic heterocycles. The number of hydrogen-bond acceptors (Lipinski definition) is 3. The summed E-state index contributed by atoms with van der Waals surface area (Å²) in [5.74, 6) is 1.78. The molecule has 20 heavy (non-hydrogen) atoms. The number of benzene rings is 2. The lowest BCUT2D eigenvalue weighted by atomic mass is 10.0. The molecule has 0 saturated carbocycles. The van der Waals surface area contributed by atoms with E-state index >= 15 is 0 Å². The molecule has 0 heterocycles. The van der Waals surface area contributed by atoms with Crippen LogP contribution >= 0.6 is 12.6 Å². The van der Waals surface area contributed by atoms with Crippen molar-refractivity contribution in [2.24, 2.45) is 0 Å². The maximum absolute atomic E-state index is 5.45. The molecule has 2 aromatic carbocycles. The van der Waals surface area contributed by atoms with Crippen LogP contribution in [0.1, 0.15) is 30.2 Å². The minimum Gasteiger partial charge on any atom is -0.494 e. The predicted molar refractivity (Wildman–Crippen MR) is 86.1 cm³/mol. The molecule has 0 atom stereocenters. The van der Waals surface area contributed by atoms with E-state index in [0.717, 1.165) is 22.6 Å². The fraction of sp³-hybridized carbons (Fsp3) is 0.294. The molecule has 0 N–H and O–H groups in total. The largest absolute Gasteiger partial charge is 0.494 e. The van der Waals surface area contributed by atoms with Crippen molar-refractivity contribution >= 4 is 12.6 Å². The first kappa shape index (κ1) is 14.8. The van der Waals surface area contributed by atoms with E-state index in [2.05, 4.69) is 24.3 Å². The van der Waals surface area contributed by atoms with Crippen LogP contribution in [0, 0.1) is 0 Å². The normalized spacial score (nSPS) is 10.6. The first-order valence-electron chi connectivity index (χ1n) is 6.88. The summed E-state index contributed by atoms with van der Waals surface area (Å²) in [6, 6.07) is 16.1. The van der Waals surface area contributed by atoms with Crippen molar-refractivity contribution in [1.29, 1.82) is 0 Å². The molecule has 0 aliphatic rings. The van der Waals surface area contributed by atoms with Crippen LogP contribution in [0.15, 0.2) is 48.5 Å². The Bertz CT molecular complexity index is 470. The van der Waals surface area contributed by atoms with Crippen molar-refractivity contribution in [2.45, 2.75) is 19.1 Å². The number of hydrogen-bond donors (Lipinski definition) is 1. The first-order chi connectivity index (χ1) is 9.74. The van der Waals surface area contributed by atoms with Crippen LogP contribution < -0.4 is 9.47 Å². The lowest BCUT2D eigenvalue weighted by molar-refractivity contribution is 0.340. The van der Waals surface area contributed by atoms with Gasteiger partial charge in [0.05, 0.1) is 18.5 Å². The van der Waals surface area contributed by atoms with Crippen molar-refractivity contribution in [3.63, 3.8) is 0 Å². The summed E-state index contributed by atoms with van der Waals surface area (Å²) in [4.78, 5) is 0. The van der Waals surface area contributed by atoms with Gasteiger partial charge in [0.15, 0.2) is 0 Å². The molecule has 0 unspecified atom stereocenters. The lowest BCUT2D eigenvalue weighted by Crippen LogP contribution is -1.96. The molecule has 3 heteroatoms. The third-order valence-electron chi connectivity index (χ3n) is 3.01. The van der Waals surface area contributed by atoms with Crippen LogP contribution in [0.3, 0.4) is 0 Å². The third kappa shape index (κ3) is 3.70. The molecule has 0 fully saturated rings. The monoisotopic (exact) mass is 288 g/mol. The van der Waals surface area contributed by atoms with E-state index in [-0.39, 0.29) is 5.25 Å². The Labute approximate surface area is 126 Å². The summed E-state index contributed by atoms with van der Waals surface area (Å²) >= 11 is 4.70.